The Balaban J connectivity index is 1.45. The van der Waals surface area contributed by atoms with Crippen LogP contribution >= 0.6 is 0 Å². The lowest BCUT2D eigenvalue weighted by molar-refractivity contribution is -0.140. The molecule has 4 rings (SSSR count). The molecule has 2 aliphatic heterocycles. The molecule has 154 valence electrons. The minimum Gasteiger partial charge on any atom is -0.382 e. The van der Waals surface area contributed by atoms with E-state index in [1.807, 2.05) is 18.2 Å². The van der Waals surface area contributed by atoms with Crippen LogP contribution in [0.3, 0.4) is 0 Å². The van der Waals surface area contributed by atoms with E-state index < -0.39 is 12.7 Å². The Morgan fingerprint density at radius 2 is 1.82 bits per heavy atom. The van der Waals surface area contributed by atoms with Crippen LogP contribution in [0.2, 0.25) is 0 Å². The minimum absolute atomic E-state index is 0.355. The number of likely N-dealkylation sites (tertiary alicyclic amines) is 1. The van der Waals surface area contributed by atoms with Gasteiger partial charge >= 0.3 is 6.18 Å². The summed E-state index contributed by atoms with van der Waals surface area (Å²) in [6, 6.07) is 8.44. The summed E-state index contributed by atoms with van der Waals surface area (Å²) in [4.78, 5) is 2.57. The van der Waals surface area contributed by atoms with Crippen molar-refractivity contribution in [3.05, 3.63) is 30.0 Å². The monoisotopic (exact) mass is 395 g/mol. The van der Waals surface area contributed by atoms with E-state index in [2.05, 4.69) is 10.2 Å². The number of piperidine rings is 1. The Labute approximate surface area is 163 Å². The molecule has 1 aromatic heterocycles. The van der Waals surface area contributed by atoms with Crippen LogP contribution < -0.4 is 5.32 Å². The average Bonchev–Trinajstić information content (AvgIpc) is 2.98. The number of alkyl halides is 3. The van der Waals surface area contributed by atoms with E-state index >= 15 is 0 Å². The molecule has 1 N–H and O–H groups in total. The Morgan fingerprint density at radius 3 is 2.50 bits per heavy atom. The predicted octanol–water partition coefficient (Wildman–Crippen LogP) is 4.57. The second kappa shape index (κ2) is 7.95. The standard InChI is InChI=1S/C21H28F3N3O/c1-15-13-18-19(3-2-4-20(18)27(15)14-21(22,23)24)25-16-5-9-26(10-6-16)17-7-11-28-12-8-17/h2-4,13,16-17,25H,5-12,14H2,1H3. The molecule has 0 bridgehead atoms. The number of nitrogens with zero attached hydrogens (tertiary/aromatic N) is 2. The maximum absolute atomic E-state index is 12.9. The number of aromatic nitrogens is 1. The van der Waals surface area contributed by atoms with E-state index in [4.69, 9.17) is 4.74 Å². The first-order valence-corrected chi connectivity index (χ1v) is 10.1. The van der Waals surface area contributed by atoms with Gasteiger partial charge in [0.25, 0.3) is 0 Å². The van der Waals surface area contributed by atoms with Gasteiger partial charge in [-0.2, -0.15) is 13.2 Å². The van der Waals surface area contributed by atoms with E-state index in [-0.39, 0.29) is 0 Å². The predicted molar refractivity (Wildman–Crippen MR) is 105 cm³/mol. The van der Waals surface area contributed by atoms with Crippen LogP contribution in [0.1, 0.15) is 31.4 Å². The summed E-state index contributed by atoms with van der Waals surface area (Å²) in [5.74, 6) is 0. The van der Waals surface area contributed by atoms with Gasteiger partial charge < -0.3 is 19.5 Å². The smallest absolute Gasteiger partial charge is 0.382 e. The highest BCUT2D eigenvalue weighted by Gasteiger charge is 2.30. The van der Waals surface area contributed by atoms with Gasteiger partial charge in [0.15, 0.2) is 0 Å². The second-order valence-electron chi connectivity index (χ2n) is 8.02. The fraction of sp³-hybridized carbons (Fsp3) is 0.619. The quantitative estimate of drug-likeness (QED) is 0.823. The molecule has 2 fully saturated rings. The van der Waals surface area contributed by atoms with Crippen LogP contribution in [-0.2, 0) is 11.3 Å². The van der Waals surface area contributed by atoms with Crippen LogP contribution in [0.25, 0.3) is 10.9 Å². The first-order chi connectivity index (χ1) is 13.4. The Morgan fingerprint density at radius 1 is 1.11 bits per heavy atom. The maximum Gasteiger partial charge on any atom is 0.406 e. The van der Waals surface area contributed by atoms with Gasteiger partial charge in [0.05, 0.1) is 5.52 Å². The number of aryl methyl sites for hydroxylation is 1. The highest BCUT2D eigenvalue weighted by atomic mass is 19.4. The number of hydrogen-bond acceptors (Lipinski definition) is 3. The van der Waals surface area contributed by atoms with E-state index in [0.29, 0.717) is 23.3 Å². The summed E-state index contributed by atoms with van der Waals surface area (Å²) in [5, 5.41) is 4.48. The summed E-state index contributed by atoms with van der Waals surface area (Å²) in [7, 11) is 0. The van der Waals surface area contributed by atoms with Crippen LogP contribution in [0.5, 0.6) is 0 Å². The second-order valence-corrected chi connectivity index (χ2v) is 8.02. The van der Waals surface area contributed by atoms with Gasteiger partial charge in [-0.1, -0.05) is 6.07 Å². The van der Waals surface area contributed by atoms with E-state index in [1.165, 1.54) is 4.57 Å². The van der Waals surface area contributed by atoms with Gasteiger partial charge in [0, 0.05) is 55.2 Å². The van der Waals surface area contributed by atoms with Crippen molar-refractivity contribution in [3.63, 3.8) is 0 Å². The van der Waals surface area contributed by atoms with Gasteiger partial charge in [0.1, 0.15) is 6.54 Å². The molecule has 0 atom stereocenters. The Bertz CT molecular complexity index is 803. The van der Waals surface area contributed by atoms with Crippen molar-refractivity contribution < 1.29 is 17.9 Å². The molecule has 0 saturated carbocycles. The van der Waals surface area contributed by atoms with Crippen molar-refractivity contribution in [3.8, 4) is 0 Å². The fourth-order valence-corrected chi connectivity index (χ4v) is 4.61. The number of halogens is 3. The molecule has 0 amide bonds. The molecule has 0 radical (unpaired) electrons. The molecule has 3 heterocycles. The van der Waals surface area contributed by atoms with Crippen molar-refractivity contribution in [1.82, 2.24) is 9.47 Å². The average molecular weight is 395 g/mol. The summed E-state index contributed by atoms with van der Waals surface area (Å²) < 4.78 is 45.6. The van der Waals surface area contributed by atoms with E-state index in [0.717, 1.165) is 63.1 Å². The zero-order valence-corrected chi connectivity index (χ0v) is 16.3. The van der Waals surface area contributed by atoms with Crippen LogP contribution in [0.4, 0.5) is 18.9 Å². The molecular formula is C21H28F3N3O. The molecule has 28 heavy (non-hydrogen) atoms. The minimum atomic E-state index is -4.23. The normalized spacial score (nSPS) is 20.7. The largest absolute Gasteiger partial charge is 0.406 e. The summed E-state index contributed by atoms with van der Waals surface area (Å²) >= 11 is 0. The van der Waals surface area contributed by atoms with Crippen LogP contribution in [0.15, 0.2) is 24.3 Å². The molecule has 4 nitrogen and oxygen atoms in total. The highest BCUT2D eigenvalue weighted by molar-refractivity contribution is 5.93. The summed E-state index contributed by atoms with van der Waals surface area (Å²) in [5.41, 5.74) is 2.21. The number of rotatable bonds is 4. The van der Waals surface area contributed by atoms with E-state index in [1.54, 1.807) is 13.0 Å². The number of ether oxygens (including phenoxy) is 1. The molecular weight excluding hydrogens is 367 g/mol. The van der Waals surface area contributed by atoms with Crippen molar-refractivity contribution >= 4 is 16.6 Å². The lowest BCUT2D eigenvalue weighted by Gasteiger charge is -2.39. The zero-order valence-electron chi connectivity index (χ0n) is 16.3. The van der Waals surface area contributed by atoms with Crippen LogP contribution in [0, 0.1) is 6.92 Å². The molecule has 1 aromatic carbocycles. The lowest BCUT2D eigenvalue weighted by atomic mass is 9.99. The zero-order chi connectivity index (χ0) is 19.7. The third kappa shape index (κ3) is 4.30. The molecule has 0 unspecified atom stereocenters. The number of hydrogen-bond donors (Lipinski definition) is 1. The van der Waals surface area contributed by atoms with Crippen LogP contribution in [-0.4, -0.2) is 54.0 Å². The first-order valence-electron chi connectivity index (χ1n) is 10.1. The Hall–Kier alpha value is -1.73. The lowest BCUT2D eigenvalue weighted by Crippen LogP contribution is -2.46. The first kappa shape index (κ1) is 19.6. The van der Waals surface area contributed by atoms with E-state index in [9.17, 15) is 13.2 Å². The fourth-order valence-electron chi connectivity index (χ4n) is 4.61. The van der Waals surface area contributed by atoms with Crippen molar-refractivity contribution in [2.45, 2.75) is 57.4 Å². The van der Waals surface area contributed by atoms with Crippen molar-refractivity contribution in [2.24, 2.45) is 0 Å². The van der Waals surface area contributed by atoms with Gasteiger partial charge in [-0.05, 0) is 50.8 Å². The summed E-state index contributed by atoms with van der Waals surface area (Å²) in [6.07, 6.45) is 0.107. The number of fused-ring (bicyclic) bond motifs is 1. The third-order valence-corrected chi connectivity index (χ3v) is 6.09. The van der Waals surface area contributed by atoms with Gasteiger partial charge in [-0.15, -0.1) is 0 Å². The van der Waals surface area contributed by atoms with Crippen molar-refractivity contribution in [2.75, 3.05) is 31.6 Å². The Kier molecular flexibility index (Phi) is 5.56. The number of benzene rings is 1. The molecule has 7 heteroatoms. The molecule has 0 aliphatic carbocycles. The molecule has 2 aliphatic rings. The summed E-state index contributed by atoms with van der Waals surface area (Å²) in [6.45, 7) is 4.63. The topological polar surface area (TPSA) is 29.4 Å². The molecule has 2 saturated heterocycles. The third-order valence-electron chi connectivity index (χ3n) is 6.09. The van der Waals surface area contributed by atoms with Gasteiger partial charge in [-0.3, -0.25) is 0 Å². The number of anilines is 1. The SMILES string of the molecule is Cc1cc2c(NC3CCN(C4CCOCC4)CC3)cccc2n1CC(F)(F)F. The maximum atomic E-state index is 12.9. The van der Waals surface area contributed by atoms with Gasteiger partial charge in [-0.25, -0.2) is 0 Å². The number of nitrogens with one attached hydrogen (secondary N) is 1. The van der Waals surface area contributed by atoms with Gasteiger partial charge in [0.2, 0.25) is 0 Å². The highest BCUT2D eigenvalue weighted by Crippen LogP contribution is 2.31. The molecule has 2 aromatic rings. The van der Waals surface area contributed by atoms with Crippen molar-refractivity contribution in [1.29, 1.82) is 0 Å². The molecule has 0 spiro atoms.